The van der Waals surface area contributed by atoms with Crippen LogP contribution in [0.1, 0.15) is 25.0 Å². The molecule has 0 saturated carbocycles. The zero-order chi connectivity index (χ0) is 19.8. The van der Waals surface area contributed by atoms with E-state index in [0.717, 1.165) is 11.1 Å². The van der Waals surface area contributed by atoms with Crippen LogP contribution in [0.3, 0.4) is 0 Å². The Morgan fingerprint density at radius 3 is 2.59 bits per heavy atom. The van der Waals surface area contributed by atoms with Crippen LogP contribution in [0.4, 0.5) is 5.69 Å². The number of hydrogen-bond donors (Lipinski definition) is 1. The van der Waals surface area contributed by atoms with Crippen molar-refractivity contribution in [2.45, 2.75) is 37.6 Å². The minimum atomic E-state index is -3.72. The number of halogens is 2. The average molecular weight is 472 g/mol. The Balaban J connectivity index is 1.80. The second-order valence-corrected chi connectivity index (χ2v) is 9.65. The minimum Gasteiger partial charge on any atom is -0.309 e. The fraction of sp³-hybridized carbons (Fsp3) is 0.316. The van der Waals surface area contributed by atoms with Crippen molar-refractivity contribution >= 4 is 49.1 Å². The van der Waals surface area contributed by atoms with Gasteiger partial charge in [0.15, 0.2) is 0 Å². The van der Waals surface area contributed by atoms with Crippen molar-refractivity contribution in [1.29, 1.82) is 0 Å². The number of carbonyl (C=O) groups excluding carboxylic acids is 1. The van der Waals surface area contributed by atoms with Gasteiger partial charge in [-0.3, -0.25) is 4.79 Å². The molecule has 0 fully saturated rings. The lowest BCUT2D eigenvalue weighted by molar-refractivity contribution is -0.116. The van der Waals surface area contributed by atoms with E-state index in [1.165, 1.54) is 6.92 Å². The van der Waals surface area contributed by atoms with Gasteiger partial charge in [-0.1, -0.05) is 23.7 Å². The molecule has 1 N–H and O–H groups in total. The maximum Gasteiger partial charge on any atom is 0.241 e. The molecule has 2 aromatic carbocycles. The monoisotopic (exact) mass is 470 g/mol. The number of fused-ring (bicyclic) bond motifs is 1. The van der Waals surface area contributed by atoms with Crippen LogP contribution in [-0.2, 0) is 27.7 Å². The van der Waals surface area contributed by atoms with Crippen LogP contribution in [0.15, 0.2) is 45.8 Å². The summed E-state index contributed by atoms with van der Waals surface area (Å²) in [7, 11) is -3.72. The molecule has 1 heterocycles. The molecule has 1 aliphatic heterocycles. The summed E-state index contributed by atoms with van der Waals surface area (Å²) < 4.78 is 28.7. The number of nitrogens with one attached hydrogen (secondary N) is 1. The van der Waals surface area contributed by atoms with Crippen molar-refractivity contribution in [3.05, 3.63) is 57.0 Å². The maximum atomic E-state index is 12.8. The number of anilines is 1. The lowest BCUT2D eigenvalue weighted by Gasteiger charge is -2.21. The van der Waals surface area contributed by atoms with Gasteiger partial charge in [0.2, 0.25) is 15.9 Å². The van der Waals surface area contributed by atoms with Gasteiger partial charge < -0.3 is 4.90 Å². The zero-order valence-electron chi connectivity index (χ0n) is 15.0. The Labute approximate surface area is 172 Å². The summed E-state index contributed by atoms with van der Waals surface area (Å²) in [4.78, 5) is 13.7. The molecule has 0 spiro atoms. The van der Waals surface area contributed by atoms with E-state index in [2.05, 4.69) is 20.7 Å². The third-order valence-corrected chi connectivity index (χ3v) is 7.27. The third kappa shape index (κ3) is 4.37. The minimum absolute atomic E-state index is 0.0141. The summed E-state index contributed by atoms with van der Waals surface area (Å²) in [5.74, 6) is -0.0948. The molecule has 5 nitrogen and oxygen atoms in total. The highest BCUT2D eigenvalue weighted by molar-refractivity contribution is 9.10. The summed E-state index contributed by atoms with van der Waals surface area (Å²) in [5.41, 5.74) is 2.62. The van der Waals surface area contributed by atoms with E-state index in [1.54, 1.807) is 29.2 Å². The van der Waals surface area contributed by atoms with Gasteiger partial charge in [0.1, 0.15) is 0 Å². The summed E-state index contributed by atoms with van der Waals surface area (Å²) in [6, 6.07) is 10.7. The Bertz CT molecular complexity index is 977. The molecule has 1 atom stereocenters. The molecule has 0 aliphatic carbocycles. The van der Waals surface area contributed by atoms with Crippen molar-refractivity contribution in [3.63, 3.8) is 0 Å². The van der Waals surface area contributed by atoms with Gasteiger partial charge in [0, 0.05) is 34.7 Å². The lowest BCUT2D eigenvalue weighted by Crippen LogP contribution is -2.33. The fourth-order valence-electron chi connectivity index (χ4n) is 3.36. The van der Waals surface area contributed by atoms with Crippen molar-refractivity contribution in [2.75, 3.05) is 11.4 Å². The third-order valence-electron chi connectivity index (χ3n) is 4.60. The first-order valence-corrected chi connectivity index (χ1v) is 11.2. The van der Waals surface area contributed by atoms with E-state index >= 15 is 0 Å². The van der Waals surface area contributed by atoms with E-state index in [4.69, 9.17) is 11.6 Å². The molecule has 2 aromatic rings. The molecular weight excluding hydrogens is 452 g/mol. The number of hydrogen-bond acceptors (Lipinski definition) is 3. The standard InChI is InChI=1S/C19H20BrClN2O3S/c1-12-9-15-10-17(20)19(11-18(15)23(12)13(2)24)27(25,26)22-8-7-14-3-5-16(21)6-4-14/h3-6,10-12,22H,7-9H2,1-2H3/t12-/m0/s1. The van der Waals surface area contributed by atoms with E-state index in [-0.39, 0.29) is 23.4 Å². The average Bonchev–Trinajstić information content (AvgIpc) is 2.90. The van der Waals surface area contributed by atoms with Crippen LogP contribution in [0.25, 0.3) is 0 Å². The summed E-state index contributed by atoms with van der Waals surface area (Å²) >= 11 is 9.23. The first kappa shape index (κ1) is 20.3. The molecule has 3 rings (SSSR count). The predicted octanol–water partition coefficient (Wildman–Crippen LogP) is 3.92. The second-order valence-electron chi connectivity index (χ2n) is 6.63. The van der Waals surface area contributed by atoms with Gasteiger partial charge >= 0.3 is 0 Å². The van der Waals surface area contributed by atoms with E-state index in [9.17, 15) is 13.2 Å². The first-order valence-electron chi connectivity index (χ1n) is 8.55. The molecule has 0 saturated heterocycles. The Hall–Kier alpha value is -1.41. The Morgan fingerprint density at radius 2 is 1.96 bits per heavy atom. The fourth-order valence-corrected chi connectivity index (χ4v) is 5.63. The highest BCUT2D eigenvalue weighted by atomic mass is 79.9. The van der Waals surface area contributed by atoms with Crippen LogP contribution < -0.4 is 9.62 Å². The van der Waals surface area contributed by atoms with Crippen LogP contribution in [0.5, 0.6) is 0 Å². The lowest BCUT2D eigenvalue weighted by atomic mass is 10.1. The molecular formula is C19H20BrClN2O3S. The highest BCUT2D eigenvalue weighted by Gasteiger charge is 2.31. The van der Waals surface area contributed by atoms with Crippen LogP contribution in [-0.4, -0.2) is 26.9 Å². The molecule has 27 heavy (non-hydrogen) atoms. The SMILES string of the molecule is CC(=O)N1c2cc(S(=O)(=O)NCCc3ccc(Cl)cc3)c(Br)cc2C[C@@H]1C. The quantitative estimate of drug-likeness (QED) is 0.719. The first-order chi connectivity index (χ1) is 12.7. The van der Waals surface area contributed by atoms with Crippen molar-refractivity contribution in [2.24, 2.45) is 0 Å². The van der Waals surface area contributed by atoms with Gasteiger partial charge in [0.05, 0.1) is 4.90 Å². The number of rotatable bonds is 5. The maximum absolute atomic E-state index is 12.8. The van der Waals surface area contributed by atoms with Gasteiger partial charge in [0.25, 0.3) is 0 Å². The predicted molar refractivity (Wildman–Crippen MR) is 111 cm³/mol. The Morgan fingerprint density at radius 1 is 1.30 bits per heavy atom. The molecule has 0 radical (unpaired) electrons. The zero-order valence-corrected chi connectivity index (χ0v) is 18.2. The van der Waals surface area contributed by atoms with Gasteiger partial charge in [-0.15, -0.1) is 0 Å². The van der Waals surface area contributed by atoms with Gasteiger partial charge in [-0.05, 0) is 71.1 Å². The second kappa shape index (κ2) is 7.91. The number of amides is 1. The van der Waals surface area contributed by atoms with Crippen molar-refractivity contribution in [1.82, 2.24) is 4.72 Å². The number of sulfonamides is 1. The largest absolute Gasteiger partial charge is 0.309 e. The molecule has 0 aromatic heterocycles. The van der Waals surface area contributed by atoms with Gasteiger partial charge in [-0.2, -0.15) is 0 Å². The Kier molecular flexibility index (Phi) is 5.96. The van der Waals surface area contributed by atoms with Crippen LogP contribution in [0.2, 0.25) is 5.02 Å². The molecule has 1 aliphatic rings. The summed E-state index contributed by atoms with van der Waals surface area (Å²) in [6.07, 6.45) is 1.26. The molecule has 1 amide bonds. The van der Waals surface area contributed by atoms with Crippen molar-refractivity contribution < 1.29 is 13.2 Å². The molecule has 0 unspecified atom stereocenters. The topological polar surface area (TPSA) is 66.5 Å². The van der Waals surface area contributed by atoms with E-state index < -0.39 is 10.0 Å². The molecule has 0 bridgehead atoms. The van der Waals surface area contributed by atoms with E-state index in [1.807, 2.05) is 19.1 Å². The molecule has 8 heteroatoms. The number of carbonyl (C=O) groups is 1. The number of nitrogens with zero attached hydrogens (tertiary/aromatic N) is 1. The number of benzene rings is 2. The van der Waals surface area contributed by atoms with Crippen molar-refractivity contribution in [3.8, 4) is 0 Å². The van der Waals surface area contributed by atoms with Gasteiger partial charge in [-0.25, -0.2) is 13.1 Å². The van der Waals surface area contributed by atoms with E-state index in [0.29, 0.717) is 28.0 Å². The smallest absolute Gasteiger partial charge is 0.241 e. The highest BCUT2D eigenvalue weighted by Crippen LogP contribution is 2.37. The van der Waals surface area contributed by atoms with Crippen LogP contribution in [0, 0.1) is 0 Å². The summed E-state index contributed by atoms with van der Waals surface area (Å²) in [6.45, 7) is 3.71. The molecule has 144 valence electrons. The summed E-state index contributed by atoms with van der Waals surface area (Å²) in [5, 5.41) is 0.644. The van der Waals surface area contributed by atoms with Crippen LogP contribution >= 0.6 is 27.5 Å². The normalized spacial score (nSPS) is 16.4.